The van der Waals surface area contributed by atoms with Crippen molar-refractivity contribution in [3.05, 3.63) is 59.1 Å². The van der Waals surface area contributed by atoms with E-state index in [9.17, 15) is 4.79 Å². The number of unbranched alkanes of at least 4 members (excludes halogenated alkanes) is 5. The highest BCUT2D eigenvalue weighted by molar-refractivity contribution is 7.95. The lowest BCUT2D eigenvalue weighted by Gasteiger charge is -2.07. The summed E-state index contributed by atoms with van der Waals surface area (Å²) in [6, 6.07) is 14.3. The summed E-state index contributed by atoms with van der Waals surface area (Å²) in [6.07, 6.45) is 7.41. The Morgan fingerprint density at radius 3 is 2.38 bits per heavy atom. The molecular weight excluding hydrogens is 368 g/mol. The third-order valence-corrected chi connectivity index (χ3v) is 5.11. The monoisotopic (exact) mass is 392 g/mol. The van der Waals surface area contributed by atoms with Crippen molar-refractivity contribution < 1.29 is 13.7 Å². The molecule has 0 fully saturated rings. The normalized spacial score (nSPS) is 10.5. The van der Waals surface area contributed by atoms with Crippen molar-refractivity contribution in [3.8, 4) is 5.75 Å². The summed E-state index contributed by atoms with van der Waals surface area (Å²) in [6.45, 7) is 2.93. The minimum atomic E-state index is -0.405. The van der Waals surface area contributed by atoms with E-state index in [4.69, 9.17) is 20.5 Å². The predicted octanol–water partition coefficient (Wildman–Crippen LogP) is 6.94. The van der Waals surface area contributed by atoms with Gasteiger partial charge in [-0.15, -0.1) is 0 Å². The molecule has 0 aliphatic heterocycles. The number of hydrogen-bond acceptors (Lipinski definition) is 4. The highest BCUT2D eigenvalue weighted by atomic mass is 35.5. The molecule has 5 heteroatoms. The first-order valence-electron chi connectivity index (χ1n) is 9.07. The molecule has 0 saturated heterocycles. The smallest absolute Gasteiger partial charge is 0.350 e. The number of carbonyl (C=O) groups is 1. The molecule has 0 bridgehead atoms. The molecule has 2 aromatic carbocycles. The van der Waals surface area contributed by atoms with Gasteiger partial charge in [0.25, 0.3) is 0 Å². The van der Waals surface area contributed by atoms with E-state index in [2.05, 4.69) is 6.92 Å². The molecule has 0 unspecified atom stereocenters. The van der Waals surface area contributed by atoms with Crippen molar-refractivity contribution in [2.24, 2.45) is 0 Å². The minimum absolute atomic E-state index is 0.405. The van der Waals surface area contributed by atoms with E-state index >= 15 is 0 Å². The van der Waals surface area contributed by atoms with Gasteiger partial charge in [-0.25, -0.2) is 4.79 Å². The lowest BCUT2D eigenvalue weighted by Crippen LogP contribution is -2.01. The van der Waals surface area contributed by atoms with Crippen molar-refractivity contribution in [1.29, 1.82) is 0 Å². The minimum Gasteiger partial charge on any atom is -0.494 e. The first-order chi connectivity index (χ1) is 12.7. The molecule has 2 rings (SSSR count). The standard InChI is InChI=1S/C21H25ClO3S/c1-2-3-4-5-6-9-16-24-18-14-12-17(13-15-18)21(23)25-26-20-11-8-7-10-19(20)22/h7-8,10-15H,2-6,9,16H2,1H3. The van der Waals surface area contributed by atoms with Gasteiger partial charge >= 0.3 is 5.97 Å². The van der Waals surface area contributed by atoms with E-state index < -0.39 is 5.97 Å². The van der Waals surface area contributed by atoms with Crippen LogP contribution in [0.15, 0.2) is 53.4 Å². The van der Waals surface area contributed by atoms with E-state index in [0.29, 0.717) is 22.1 Å². The summed E-state index contributed by atoms with van der Waals surface area (Å²) in [4.78, 5) is 12.8. The zero-order chi connectivity index (χ0) is 18.6. The van der Waals surface area contributed by atoms with Crippen LogP contribution in [-0.2, 0) is 4.18 Å². The fraction of sp³-hybridized carbons (Fsp3) is 0.381. The summed E-state index contributed by atoms with van der Waals surface area (Å²) in [5, 5.41) is 0.559. The first-order valence-corrected chi connectivity index (χ1v) is 10.2. The van der Waals surface area contributed by atoms with Gasteiger partial charge in [0.2, 0.25) is 0 Å². The van der Waals surface area contributed by atoms with E-state index in [1.54, 1.807) is 36.4 Å². The van der Waals surface area contributed by atoms with E-state index in [1.807, 2.05) is 12.1 Å². The van der Waals surface area contributed by atoms with Crippen molar-refractivity contribution >= 4 is 29.6 Å². The average Bonchev–Trinajstić information content (AvgIpc) is 2.67. The quantitative estimate of drug-likeness (QED) is 0.306. The molecule has 0 radical (unpaired) electrons. The second-order valence-corrected chi connectivity index (χ2v) is 7.21. The fourth-order valence-electron chi connectivity index (χ4n) is 2.40. The Labute approximate surface area is 165 Å². The van der Waals surface area contributed by atoms with Crippen molar-refractivity contribution in [2.75, 3.05) is 6.61 Å². The molecule has 0 aliphatic rings. The molecule has 0 amide bonds. The number of ether oxygens (including phenoxy) is 1. The van der Waals surface area contributed by atoms with Gasteiger partial charge in [-0.1, -0.05) is 62.8 Å². The van der Waals surface area contributed by atoms with E-state index in [1.165, 1.54) is 32.1 Å². The molecule has 3 nitrogen and oxygen atoms in total. The number of rotatable bonds is 11. The summed E-state index contributed by atoms with van der Waals surface area (Å²) < 4.78 is 11.0. The maximum atomic E-state index is 12.1. The van der Waals surface area contributed by atoms with Gasteiger partial charge in [-0.05, 0) is 42.8 Å². The van der Waals surface area contributed by atoms with Gasteiger partial charge in [-0.2, -0.15) is 0 Å². The summed E-state index contributed by atoms with van der Waals surface area (Å²) in [7, 11) is 0. The van der Waals surface area contributed by atoms with Gasteiger partial charge in [-0.3, -0.25) is 0 Å². The molecule has 0 atom stereocenters. The van der Waals surface area contributed by atoms with Crippen LogP contribution >= 0.6 is 23.6 Å². The van der Waals surface area contributed by atoms with Gasteiger partial charge in [0.15, 0.2) is 0 Å². The zero-order valence-corrected chi connectivity index (χ0v) is 16.7. The SMILES string of the molecule is CCCCCCCCOc1ccc(C(=O)OSc2ccccc2Cl)cc1. The largest absolute Gasteiger partial charge is 0.494 e. The first kappa shape index (κ1) is 20.7. The van der Waals surface area contributed by atoms with Crippen molar-refractivity contribution in [2.45, 2.75) is 50.3 Å². The van der Waals surface area contributed by atoms with Crippen LogP contribution in [0.2, 0.25) is 5.02 Å². The van der Waals surface area contributed by atoms with Crippen LogP contribution in [0.4, 0.5) is 0 Å². The van der Waals surface area contributed by atoms with Gasteiger partial charge in [0.1, 0.15) is 5.75 Å². The third-order valence-electron chi connectivity index (χ3n) is 3.90. The summed E-state index contributed by atoms with van der Waals surface area (Å²) in [5.41, 5.74) is 0.483. The Morgan fingerprint density at radius 1 is 0.962 bits per heavy atom. The zero-order valence-electron chi connectivity index (χ0n) is 15.1. The Morgan fingerprint density at radius 2 is 1.65 bits per heavy atom. The van der Waals surface area contributed by atoms with Crippen LogP contribution in [0.3, 0.4) is 0 Å². The number of halogens is 1. The van der Waals surface area contributed by atoms with Crippen LogP contribution in [0.5, 0.6) is 5.75 Å². The molecule has 2 aromatic rings. The van der Waals surface area contributed by atoms with Crippen molar-refractivity contribution in [1.82, 2.24) is 0 Å². The molecule has 0 N–H and O–H groups in total. The maximum absolute atomic E-state index is 12.1. The van der Waals surface area contributed by atoms with Crippen molar-refractivity contribution in [3.63, 3.8) is 0 Å². The topological polar surface area (TPSA) is 35.5 Å². The van der Waals surface area contributed by atoms with Crippen LogP contribution in [0, 0.1) is 0 Å². The summed E-state index contributed by atoms with van der Waals surface area (Å²) >= 11 is 7.01. The van der Waals surface area contributed by atoms with Gasteiger partial charge < -0.3 is 8.92 Å². The lowest BCUT2D eigenvalue weighted by atomic mass is 10.1. The fourth-order valence-corrected chi connectivity index (χ4v) is 3.18. The molecule has 0 spiro atoms. The predicted molar refractivity (Wildman–Crippen MR) is 108 cm³/mol. The molecule has 0 saturated carbocycles. The highest BCUT2D eigenvalue weighted by Gasteiger charge is 2.10. The van der Waals surface area contributed by atoms with E-state index in [0.717, 1.165) is 24.2 Å². The Hall–Kier alpha value is -1.65. The molecule has 0 aromatic heterocycles. The molecule has 140 valence electrons. The molecule has 0 heterocycles. The van der Waals surface area contributed by atoms with Gasteiger partial charge in [0.05, 0.1) is 34.1 Å². The second-order valence-electron chi connectivity index (χ2n) is 6.03. The second kappa shape index (κ2) is 11.9. The lowest BCUT2D eigenvalue weighted by molar-refractivity contribution is 0.0768. The Bertz CT molecular complexity index is 673. The molecule has 0 aliphatic carbocycles. The maximum Gasteiger partial charge on any atom is 0.350 e. The van der Waals surface area contributed by atoms with E-state index in [-0.39, 0.29) is 0 Å². The molecular formula is C21H25ClO3S. The Balaban J connectivity index is 1.71. The summed E-state index contributed by atoms with van der Waals surface area (Å²) in [5.74, 6) is 0.367. The number of benzene rings is 2. The van der Waals surface area contributed by atoms with Gasteiger partial charge in [0, 0.05) is 0 Å². The van der Waals surface area contributed by atoms with Crippen LogP contribution in [0.1, 0.15) is 55.8 Å². The van der Waals surface area contributed by atoms with Crippen LogP contribution in [0.25, 0.3) is 0 Å². The molecule has 26 heavy (non-hydrogen) atoms. The van der Waals surface area contributed by atoms with Crippen LogP contribution in [-0.4, -0.2) is 12.6 Å². The highest BCUT2D eigenvalue weighted by Crippen LogP contribution is 2.28. The Kier molecular flexibility index (Phi) is 9.43. The number of carbonyl (C=O) groups excluding carboxylic acids is 1. The average molecular weight is 393 g/mol. The third kappa shape index (κ3) is 7.30. The number of hydrogen-bond donors (Lipinski definition) is 0. The van der Waals surface area contributed by atoms with Crippen LogP contribution < -0.4 is 4.74 Å².